The van der Waals surface area contributed by atoms with Crippen LogP contribution in [-0.2, 0) is 0 Å². The van der Waals surface area contributed by atoms with E-state index in [2.05, 4.69) is 10.1 Å². The summed E-state index contributed by atoms with van der Waals surface area (Å²) in [4.78, 5) is 4.00. The second-order valence-electron chi connectivity index (χ2n) is 4.11. The minimum absolute atomic E-state index is 0.0141. The topological polar surface area (TPSA) is 64.9 Å². The number of aromatic nitrogens is 2. The Balaban J connectivity index is 2.25. The number of hydrogen-bond donors (Lipinski definition) is 1. The first kappa shape index (κ1) is 12.6. The van der Waals surface area contributed by atoms with E-state index in [1.165, 1.54) is 6.07 Å². The van der Waals surface area contributed by atoms with E-state index in [0.29, 0.717) is 16.8 Å². The smallest absolute Gasteiger partial charge is 0.230 e. The van der Waals surface area contributed by atoms with Gasteiger partial charge in [-0.1, -0.05) is 28.9 Å². The van der Waals surface area contributed by atoms with E-state index in [1.807, 2.05) is 0 Å². The van der Waals surface area contributed by atoms with E-state index in [0.717, 1.165) is 0 Å². The first-order valence-electron chi connectivity index (χ1n) is 5.78. The predicted octanol–water partition coefficient (Wildman–Crippen LogP) is 3.78. The normalized spacial score (nSPS) is 10.7. The van der Waals surface area contributed by atoms with Crippen LogP contribution in [0.1, 0.15) is 0 Å². The third kappa shape index (κ3) is 2.02. The van der Waals surface area contributed by atoms with Crippen molar-refractivity contribution in [1.82, 2.24) is 10.1 Å². The molecule has 0 saturated carbocycles. The molecule has 0 amide bonds. The van der Waals surface area contributed by atoms with E-state index >= 15 is 0 Å². The molecular formula is C14H9ClFN3O. The Labute approximate surface area is 119 Å². The SMILES string of the molecule is Nc1onc(-c2cccnc2)c1-c1cccc(Cl)c1F. The van der Waals surface area contributed by atoms with Gasteiger partial charge in [0, 0.05) is 23.5 Å². The molecule has 2 heterocycles. The first-order chi connectivity index (χ1) is 9.68. The number of benzene rings is 1. The zero-order chi connectivity index (χ0) is 14.1. The lowest BCUT2D eigenvalue weighted by Crippen LogP contribution is -1.91. The molecule has 0 spiro atoms. The molecule has 3 rings (SSSR count). The van der Waals surface area contributed by atoms with Crippen LogP contribution >= 0.6 is 11.6 Å². The van der Waals surface area contributed by atoms with Gasteiger partial charge in [0.1, 0.15) is 11.5 Å². The molecule has 0 unspecified atom stereocenters. The summed E-state index contributed by atoms with van der Waals surface area (Å²) in [5, 5.41) is 3.90. The first-order valence-corrected chi connectivity index (χ1v) is 6.16. The highest BCUT2D eigenvalue weighted by Crippen LogP contribution is 2.38. The molecule has 0 aliphatic heterocycles. The number of nitrogen functional groups attached to an aromatic ring is 1. The molecule has 2 aromatic heterocycles. The Hall–Kier alpha value is -2.40. The van der Waals surface area contributed by atoms with Crippen LogP contribution in [0, 0.1) is 5.82 Å². The van der Waals surface area contributed by atoms with Gasteiger partial charge in [-0.15, -0.1) is 0 Å². The van der Waals surface area contributed by atoms with Gasteiger partial charge in [-0.25, -0.2) is 4.39 Å². The molecule has 0 atom stereocenters. The summed E-state index contributed by atoms with van der Waals surface area (Å²) in [6.45, 7) is 0. The Bertz CT molecular complexity index is 758. The van der Waals surface area contributed by atoms with Crippen LogP contribution in [0.25, 0.3) is 22.4 Å². The van der Waals surface area contributed by atoms with Gasteiger partial charge in [0.15, 0.2) is 0 Å². The minimum atomic E-state index is -0.561. The highest BCUT2D eigenvalue weighted by molar-refractivity contribution is 6.31. The molecule has 0 bridgehead atoms. The third-order valence-electron chi connectivity index (χ3n) is 2.87. The van der Waals surface area contributed by atoms with E-state index in [-0.39, 0.29) is 16.5 Å². The molecule has 0 aliphatic rings. The van der Waals surface area contributed by atoms with E-state index in [9.17, 15) is 4.39 Å². The molecule has 1 aromatic carbocycles. The standard InChI is InChI=1S/C14H9ClFN3O/c15-10-5-1-4-9(12(10)16)11-13(19-20-14(11)17)8-3-2-6-18-7-8/h1-7H,17H2. The molecule has 0 aliphatic carbocycles. The molecule has 20 heavy (non-hydrogen) atoms. The van der Waals surface area contributed by atoms with Crippen molar-refractivity contribution in [2.45, 2.75) is 0 Å². The van der Waals surface area contributed by atoms with Crippen LogP contribution in [-0.4, -0.2) is 10.1 Å². The van der Waals surface area contributed by atoms with Crippen LogP contribution < -0.4 is 5.73 Å². The fourth-order valence-electron chi connectivity index (χ4n) is 1.96. The van der Waals surface area contributed by atoms with E-state index in [1.54, 1.807) is 36.7 Å². The zero-order valence-electron chi connectivity index (χ0n) is 10.2. The molecule has 2 N–H and O–H groups in total. The fourth-order valence-corrected chi connectivity index (χ4v) is 2.13. The fraction of sp³-hybridized carbons (Fsp3) is 0. The highest BCUT2D eigenvalue weighted by Gasteiger charge is 2.21. The van der Waals surface area contributed by atoms with Gasteiger partial charge in [-0.05, 0) is 18.2 Å². The second-order valence-corrected chi connectivity index (χ2v) is 4.52. The molecule has 100 valence electrons. The van der Waals surface area contributed by atoms with Crippen molar-refractivity contribution >= 4 is 17.5 Å². The Kier molecular flexibility index (Phi) is 3.12. The summed E-state index contributed by atoms with van der Waals surface area (Å²) in [5.74, 6) is -0.528. The van der Waals surface area contributed by atoms with Crippen LogP contribution in [0.4, 0.5) is 10.3 Å². The van der Waals surface area contributed by atoms with Crippen molar-refractivity contribution in [3.63, 3.8) is 0 Å². The molecular weight excluding hydrogens is 281 g/mol. The zero-order valence-corrected chi connectivity index (χ0v) is 10.9. The molecule has 3 aromatic rings. The molecule has 0 fully saturated rings. The van der Waals surface area contributed by atoms with Crippen molar-refractivity contribution in [2.75, 3.05) is 5.73 Å². The number of hydrogen-bond acceptors (Lipinski definition) is 4. The number of nitrogens with zero attached hydrogens (tertiary/aromatic N) is 2. The maximum absolute atomic E-state index is 14.2. The Morgan fingerprint density at radius 3 is 2.80 bits per heavy atom. The number of anilines is 1. The summed E-state index contributed by atoms with van der Waals surface area (Å²) in [6.07, 6.45) is 3.23. The van der Waals surface area contributed by atoms with Crippen LogP contribution in [0.5, 0.6) is 0 Å². The van der Waals surface area contributed by atoms with E-state index < -0.39 is 5.82 Å². The molecule has 4 nitrogen and oxygen atoms in total. The summed E-state index contributed by atoms with van der Waals surface area (Å²) in [6, 6.07) is 8.21. The van der Waals surface area contributed by atoms with Crippen LogP contribution in [0.2, 0.25) is 5.02 Å². The highest BCUT2D eigenvalue weighted by atomic mass is 35.5. The van der Waals surface area contributed by atoms with Gasteiger partial charge in [-0.2, -0.15) is 0 Å². The number of pyridine rings is 1. The van der Waals surface area contributed by atoms with Gasteiger partial charge in [0.25, 0.3) is 0 Å². The number of rotatable bonds is 2. The summed E-state index contributed by atoms with van der Waals surface area (Å²) < 4.78 is 19.2. The third-order valence-corrected chi connectivity index (χ3v) is 3.17. The van der Waals surface area contributed by atoms with Gasteiger partial charge in [0.05, 0.1) is 10.6 Å². The van der Waals surface area contributed by atoms with Gasteiger partial charge in [0.2, 0.25) is 5.88 Å². The van der Waals surface area contributed by atoms with Crippen molar-refractivity contribution in [3.05, 3.63) is 53.6 Å². The van der Waals surface area contributed by atoms with Gasteiger partial charge >= 0.3 is 0 Å². The van der Waals surface area contributed by atoms with Gasteiger partial charge in [-0.3, -0.25) is 4.98 Å². The van der Waals surface area contributed by atoms with Crippen molar-refractivity contribution in [3.8, 4) is 22.4 Å². The quantitative estimate of drug-likeness (QED) is 0.780. The summed E-state index contributed by atoms with van der Waals surface area (Å²) in [7, 11) is 0. The molecule has 0 saturated heterocycles. The minimum Gasteiger partial charge on any atom is -0.367 e. The Morgan fingerprint density at radius 2 is 2.05 bits per heavy atom. The second kappa shape index (κ2) is 4.94. The average Bonchev–Trinajstić information content (AvgIpc) is 2.85. The molecule has 6 heteroatoms. The lowest BCUT2D eigenvalue weighted by atomic mass is 10.0. The summed E-state index contributed by atoms with van der Waals surface area (Å²) >= 11 is 5.80. The largest absolute Gasteiger partial charge is 0.367 e. The van der Waals surface area contributed by atoms with Crippen LogP contribution in [0.15, 0.2) is 47.2 Å². The lowest BCUT2D eigenvalue weighted by Gasteiger charge is -2.05. The van der Waals surface area contributed by atoms with Crippen molar-refractivity contribution < 1.29 is 8.91 Å². The van der Waals surface area contributed by atoms with Gasteiger partial charge < -0.3 is 10.3 Å². The van der Waals surface area contributed by atoms with E-state index in [4.69, 9.17) is 21.9 Å². The maximum Gasteiger partial charge on any atom is 0.230 e. The summed E-state index contributed by atoms with van der Waals surface area (Å²) in [5.41, 5.74) is 7.50. The van der Waals surface area contributed by atoms with Crippen LogP contribution in [0.3, 0.4) is 0 Å². The van der Waals surface area contributed by atoms with Crippen molar-refractivity contribution in [2.24, 2.45) is 0 Å². The Morgan fingerprint density at radius 1 is 1.20 bits per heavy atom. The number of nitrogens with two attached hydrogens (primary N) is 1. The lowest BCUT2D eigenvalue weighted by molar-refractivity contribution is 0.439. The predicted molar refractivity (Wildman–Crippen MR) is 74.6 cm³/mol. The molecule has 0 radical (unpaired) electrons. The van der Waals surface area contributed by atoms with Crippen molar-refractivity contribution in [1.29, 1.82) is 0 Å². The maximum atomic E-state index is 14.2. The monoisotopic (exact) mass is 289 g/mol. The average molecular weight is 290 g/mol. The number of halogens is 2.